The minimum atomic E-state index is -0.800. The van der Waals surface area contributed by atoms with Crippen molar-refractivity contribution in [2.75, 3.05) is 11.4 Å². The fourth-order valence-corrected chi connectivity index (χ4v) is 3.61. The summed E-state index contributed by atoms with van der Waals surface area (Å²) in [7, 11) is 1.67. The molecule has 0 spiro atoms. The van der Waals surface area contributed by atoms with E-state index < -0.39 is 6.10 Å². The van der Waals surface area contributed by atoms with Gasteiger partial charge in [0.2, 0.25) is 0 Å². The molecule has 1 unspecified atom stereocenters. The molecule has 150 valence electrons. The smallest absolute Gasteiger partial charge is 0.275 e. The standard InChI is InChI=1S/C20H23Cl2N3O3/c1-4-12(5-2)23-19(26)17-11-25(14-8-6-7-9-16(14)28-17)20(27)15-10-13(21)18(22)24(15)3/h6-10,12,17H,4-5,11H2,1-3H3,(H,23,26). The molecule has 8 heteroatoms. The van der Waals surface area contributed by atoms with Gasteiger partial charge in [-0.1, -0.05) is 49.2 Å². The number of hydrogen-bond donors (Lipinski definition) is 1. The van der Waals surface area contributed by atoms with Crippen LogP contribution in [-0.4, -0.2) is 35.1 Å². The number of anilines is 1. The second-order valence-electron chi connectivity index (χ2n) is 6.74. The lowest BCUT2D eigenvalue weighted by atomic mass is 10.1. The second kappa shape index (κ2) is 8.45. The number of nitrogens with zero attached hydrogens (tertiary/aromatic N) is 2. The fraction of sp³-hybridized carbons (Fsp3) is 0.400. The van der Waals surface area contributed by atoms with Crippen LogP contribution in [0.3, 0.4) is 0 Å². The summed E-state index contributed by atoms with van der Waals surface area (Å²) < 4.78 is 7.43. The third-order valence-corrected chi connectivity index (χ3v) is 5.82. The Morgan fingerprint density at radius 2 is 1.93 bits per heavy atom. The summed E-state index contributed by atoms with van der Waals surface area (Å²) in [6, 6.07) is 8.76. The molecule has 1 aromatic carbocycles. The number of amides is 2. The van der Waals surface area contributed by atoms with E-state index in [4.69, 9.17) is 27.9 Å². The highest BCUT2D eigenvalue weighted by Crippen LogP contribution is 2.35. The molecule has 2 heterocycles. The Morgan fingerprint density at radius 3 is 2.54 bits per heavy atom. The van der Waals surface area contributed by atoms with Crippen LogP contribution in [0.1, 0.15) is 37.2 Å². The van der Waals surface area contributed by atoms with Crippen LogP contribution in [0.5, 0.6) is 5.75 Å². The van der Waals surface area contributed by atoms with Crippen LogP contribution in [0.4, 0.5) is 5.69 Å². The van der Waals surface area contributed by atoms with Crippen LogP contribution in [-0.2, 0) is 11.8 Å². The van der Waals surface area contributed by atoms with Gasteiger partial charge in [0, 0.05) is 13.1 Å². The van der Waals surface area contributed by atoms with Gasteiger partial charge in [-0.3, -0.25) is 14.5 Å². The maximum Gasteiger partial charge on any atom is 0.275 e. The third kappa shape index (κ3) is 3.84. The molecule has 1 atom stereocenters. The molecule has 0 radical (unpaired) electrons. The molecule has 0 saturated carbocycles. The van der Waals surface area contributed by atoms with Crippen molar-refractivity contribution in [2.24, 2.45) is 7.05 Å². The van der Waals surface area contributed by atoms with Gasteiger partial charge in [0.15, 0.2) is 6.10 Å². The van der Waals surface area contributed by atoms with Gasteiger partial charge in [-0.15, -0.1) is 0 Å². The fourth-order valence-electron chi connectivity index (χ4n) is 3.24. The van der Waals surface area contributed by atoms with Crippen molar-refractivity contribution in [1.82, 2.24) is 9.88 Å². The Kier molecular flexibility index (Phi) is 6.20. The average molecular weight is 424 g/mol. The minimum absolute atomic E-state index is 0.0721. The first kappa shape index (κ1) is 20.6. The quantitative estimate of drug-likeness (QED) is 0.788. The van der Waals surface area contributed by atoms with E-state index in [1.807, 2.05) is 19.9 Å². The molecule has 1 aromatic heterocycles. The largest absolute Gasteiger partial charge is 0.477 e. The number of rotatable bonds is 5. The monoisotopic (exact) mass is 423 g/mol. The first-order valence-corrected chi connectivity index (χ1v) is 10.0. The predicted molar refractivity (Wildman–Crippen MR) is 110 cm³/mol. The van der Waals surface area contributed by atoms with Crippen LogP contribution < -0.4 is 15.0 Å². The summed E-state index contributed by atoms with van der Waals surface area (Å²) in [6.45, 7) is 4.14. The van der Waals surface area contributed by atoms with E-state index in [0.29, 0.717) is 22.2 Å². The van der Waals surface area contributed by atoms with Crippen LogP contribution >= 0.6 is 23.2 Å². The summed E-state index contributed by atoms with van der Waals surface area (Å²) in [4.78, 5) is 27.5. The topological polar surface area (TPSA) is 63.6 Å². The molecule has 0 bridgehead atoms. The molecule has 6 nitrogen and oxygen atoms in total. The SMILES string of the molecule is CCC(CC)NC(=O)C1CN(C(=O)c2cc(Cl)c(Cl)n2C)c2ccccc2O1. The lowest BCUT2D eigenvalue weighted by Crippen LogP contribution is -2.52. The minimum Gasteiger partial charge on any atom is -0.477 e. The number of carbonyl (C=O) groups excluding carboxylic acids is 2. The zero-order valence-electron chi connectivity index (χ0n) is 16.0. The van der Waals surface area contributed by atoms with Crippen LogP contribution in [0.25, 0.3) is 0 Å². The number of hydrogen-bond acceptors (Lipinski definition) is 3. The molecule has 2 amide bonds. The first-order chi connectivity index (χ1) is 13.4. The van der Waals surface area contributed by atoms with E-state index in [2.05, 4.69) is 5.32 Å². The van der Waals surface area contributed by atoms with Crippen molar-refractivity contribution >= 4 is 40.7 Å². The lowest BCUT2D eigenvalue weighted by molar-refractivity contribution is -0.128. The number of carbonyl (C=O) groups is 2. The summed E-state index contributed by atoms with van der Waals surface area (Å²) in [5.41, 5.74) is 0.943. The van der Waals surface area contributed by atoms with Gasteiger partial charge >= 0.3 is 0 Å². The summed E-state index contributed by atoms with van der Waals surface area (Å²) >= 11 is 12.2. The van der Waals surface area contributed by atoms with Crippen molar-refractivity contribution in [3.8, 4) is 5.75 Å². The average Bonchev–Trinajstić information content (AvgIpc) is 2.97. The van der Waals surface area contributed by atoms with E-state index in [1.54, 1.807) is 25.2 Å². The Hall–Kier alpha value is -2.18. The molecular weight excluding hydrogens is 401 g/mol. The Morgan fingerprint density at radius 1 is 1.25 bits per heavy atom. The maximum absolute atomic E-state index is 13.3. The summed E-state index contributed by atoms with van der Waals surface area (Å²) in [5, 5.41) is 3.58. The van der Waals surface area contributed by atoms with E-state index in [0.717, 1.165) is 12.8 Å². The van der Waals surface area contributed by atoms with Gasteiger partial charge in [-0.05, 0) is 31.0 Å². The van der Waals surface area contributed by atoms with Gasteiger partial charge in [-0.2, -0.15) is 0 Å². The number of halogens is 2. The van der Waals surface area contributed by atoms with Crippen LogP contribution in [0.2, 0.25) is 10.2 Å². The highest BCUT2D eigenvalue weighted by molar-refractivity contribution is 6.42. The molecule has 1 aliphatic rings. The first-order valence-electron chi connectivity index (χ1n) is 9.25. The van der Waals surface area contributed by atoms with E-state index >= 15 is 0 Å². The normalized spacial score (nSPS) is 15.9. The number of para-hydroxylation sites is 2. The maximum atomic E-state index is 13.3. The molecule has 1 N–H and O–H groups in total. The van der Waals surface area contributed by atoms with Crippen molar-refractivity contribution in [3.63, 3.8) is 0 Å². The number of ether oxygens (including phenoxy) is 1. The second-order valence-corrected chi connectivity index (χ2v) is 7.50. The van der Waals surface area contributed by atoms with Gasteiger partial charge in [0.25, 0.3) is 11.8 Å². The van der Waals surface area contributed by atoms with Crippen molar-refractivity contribution < 1.29 is 14.3 Å². The Labute approximate surface area is 174 Å². The van der Waals surface area contributed by atoms with E-state index in [9.17, 15) is 9.59 Å². The molecule has 3 rings (SSSR count). The van der Waals surface area contributed by atoms with E-state index in [1.165, 1.54) is 15.5 Å². The zero-order chi connectivity index (χ0) is 20.4. The van der Waals surface area contributed by atoms with Crippen molar-refractivity contribution in [1.29, 1.82) is 0 Å². The third-order valence-electron chi connectivity index (χ3n) is 4.98. The number of nitrogens with one attached hydrogen (secondary N) is 1. The molecule has 0 aliphatic carbocycles. The van der Waals surface area contributed by atoms with Gasteiger partial charge in [-0.25, -0.2) is 0 Å². The van der Waals surface area contributed by atoms with Gasteiger partial charge in [0.1, 0.15) is 16.6 Å². The molecule has 28 heavy (non-hydrogen) atoms. The highest BCUT2D eigenvalue weighted by atomic mass is 35.5. The molecule has 1 aliphatic heterocycles. The number of benzene rings is 1. The van der Waals surface area contributed by atoms with E-state index in [-0.39, 0.29) is 29.6 Å². The Bertz CT molecular complexity index is 893. The number of aromatic nitrogens is 1. The van der Waals surface area contributed by atoms with Crippen LogP contribution in [0.15, 0.2) is 30.3 Å². The number of fused-ring (bicyclic) bond motifs is 1. The molecule has 2 aromatic rings. The van der Waals surface area contributed by atoms with Crippen molar-refractivity contribution in [3.05, 3.63) is 46.2 Å². The summed E-state index contributed by atoms with van der Waals surface area (Å²) in [6.07, 6.45) is 0.856. The lowest BCUT2D eigenvalue weighted by Gasteiger charge is -2.34. The molecular formula is C20H23Cl2N3O3. The zero-order valence-corrected chi connectivity index (χ0v) is 17.5. The van der Waals surface area contributed by atoms with Gasteiger partial charge in [0.05, 0.1) is 17.3 Å². The summed E-state index contributed by atoms with van der Waals surface area (Å²) in [5.74, 6) is -0.0467. The highest BCUT2D eigenvalue weighted by Gasteiger charge is 2.35. The molecule has 0 fully saturated rings. The Balaban J connectivity index is 1.92. The van der Waals surface area contributed by atoms with Crippen molar-refractivity contribution in [2.45, 2.75) is 38.8 Å². The molecule has 0 saturated heterocycles. The van der Waals surface area contributed by atoms with Crippen LogP contribution in [0, 0.1) is 0 Å². The predicted octanol–water partition coefficient (Wildman–Crippen LogP) is 4.04. The van der Waals surface area contributed by atoms with Gasteiger partial charge < -0.3 is 14.6 Å².